The second-order valence-electron chi connectivity index (χ2n) is 4.96. The van der Waals surface area contributed by atoms with E-state index in [1.165, 1.54) is 6.42 Å². The molecule has 1 heterocycles. The van der Waals surface area contributed by atoms with Crippen LogP contribution in [0.25, 0.3) is 0 Å². The summed E-state index contributed by atoms with van der Waals surface area (Å²) in [6, 6.07) is 0. The Morgan fingerprint density at radius 1 is 1.33 bits per heavy atom. The smallest absolute Gasteiger partial charge is 0.225 e. The van der Waals surface area contributed by atoms with Crippen LogP contribution >= 0.6 is 0 Å². The molecule has 1 saturated heterocycles. The monoisotopic (exact) mass is 251 g/mol. The van der Waals surface area contributed by atoms with Crippen molar-refractivity contribution in [2.24, 2.45) is 0 Å². The molecule has 0 unspecified atom stereocenters. The minimum Gasteiger partial charge on any atom is -0.384 e. The molecule has 0 saturated carbocycles. The van der Waals surface area contributed by atoms with Crippen LogP contribution in [0.3, 0.4) is 0 Å². The maximum absolute atomic E-state index is 12.3. The average Bonchev–Trinajstić information content (AvgIpc) is 2.37. The van der Waals surface area contributed by atoms with E-state index in [0.717, 1.165) is 32.2 Å². The number of carbonyl (C=O) groups is 1. The third kappa shape index (κ3) is 3.45. The molecule has 0 aromatic rings. The summed E-state index contributed by atoms with van der Waals surface area (Å²) < 4.78 is 5.00. The molecular weight excluding hydrogens is 226 g/mol. The van der Waals surface area contributed by atoms with Crippen LogP contribution < -0.4 is 0 Å². The van der Waals surface area contributed by atoms with Gasteiger partial charge in [-0.1, -0.05) is 12.2 Å². The van der Waals surface area contributed by atoms with E-state index in [9.17, 15) is 4.79 Å². The number of nitrogens with zero attached hydrogens (tertiary/aromatic N) is 1. The van der Waals surface area contributed by atoms with Crippen molar-refractivity contribution < 1.29 is 9.53 Å². The molecule has 3 nitrogen and oxygen atoms in total. The molecule has 1 aliphatic rings. The minimum absolute atomic E-state index is 0.0907. The first-order valence-electron chi connectivity index (χ1n) is 6.71. The Kier molecular flexibility index (Phi) is 6.13. The van der Waals surface area contributed by atoms with Gasteiger partial charge in [0.25, 0.3) is 0 Å². The van der Waals surface area contributed by atoms with Crippen molar-refractivity contribution in [2.45, 2.75) is 44.1 Å². The molecule has 1 aliphatic heterocycles. The van der Waals surface area contributed by atoms with Crippen molar-refractivity contribution in [1.29, 1.82) is 0 Å². The number of hydrogen-bond donors (Lipinski definition) is 0. The number of carbonyl (C=O) groups excluding carboxylic acids is 1. The Morgan fingerprint density at radius 3 is 2.56 bits per heavy atom. The van der Waals surface area contributed by atoms with E-state index in [0.29, 0.717) is 13.0 Å². The Labute approximate surface area is 110 Å². The predicted octanol–water partition coefficient (Wildman–Crippen LogP) is 2.93. The summed E-state index contributed by atoms with van der Waals surface area (Å²) >= 11 is 0. The highest BCUT2D eigenvalue weighted by Gasteiger charge is 2.39. The number of amides is 1. The van der Waals surface area contributed by atoms with E-state index in [2.05, 4.69) is 13.2 Å². The van der Waals surface area contributed by atoms with Crippen LogP contribution in [-0.4, -0.2) is 36.6 Å². The van der Waals surface area contributed by atoms with Crippen LogP contribution in [0.2, 0.25) is 0 Å². The number of likely N-dealkylation sites (tertiary alicyclic amines) is 1. The Bertz CT molecular complexity index is 289. The van der Waals surface area contributed by atoms with Crippen LogP contribution in [0.15, 0.2) is 25.3 Å². The van der Waals surface area contributed by atoms with Gasteiger partial charge in [0, 0.05) is 19.2 Å². The second-order valence-corrected chi connectivity index (χ2v) is 4.96. The summed E-state index contributed by atoms with van der Waals surface area (Å²) in [4.78, 5) is 14.3. The van der Waals surface area contributed by atoms with E-state index >= 15 is 0 Å². The SMILES string of the molecule is C=CCC1(CC=C)CCCCN1C(=O)CCOC. The molecule has 0 spiro atoms. The van der Waals surface area contributed by atoms with E-state index in [-0.39, 0.29) is 11.4 Å². The van der Waals surface area contributed by atoms with E-state index < -0.39 is 0 Å². The third-order valence-corrected chi connectivity index (χ3v) is 3.72. The van der Waals surface area contributed by atoms with Gasteiger partial charge in [-0.3, -0.25) is 4.79 Å². The van der Waals surface area contributed by atoms with Crippen LogP contribution in [0.4, 0.5) is 0 Å². The van der Waals surface area contributed by atoms with E-state index in [4.69, 9.17) is 4.74 Å². The molecule has 18 heavy (non-hydrogen) atoms. The summed E-state index contributed by atoms with van der Waals surface area (Å²) in [6.07, 6.45) is 9.31. The molecule has 0 aliphatic carbocycles. The molecule has 0 aromatic heterocycles. The van der Waals surface area contributed by atoms with Gasteiger partial charge in [-0.25, -0.2) is 0 Å². The van der Waals surface area contributed by atoms with Crippen molar-refractivity contribution in [3.8, 4) is 0 Å². The fourth-order valence-electron chi connectivity index (χ4n) is 2.85. The topological polar surface area (TPSA) is 29.5 Å². The quantitative estimate of drug-likeness (QED) is 0.651. The molecule has 102 valence electrons. The fraction of sp³-hybridized carbons (Fsp3) is 0.667. The number of rotatable bonds is 7. The summed E-state index contributed by atoms with van der Waals surface area (Å²) in [7, 11) is 1.63. The van der Waals surface area contributed by atoms with Crippen molar-refractivity contribution in [3.05, 3.63) is 25.3 Å². The first-order valence-corrected chi connectivity index (χ1v) is 6.71. The lowest BCUT2D eigenvalue weighted by molar-refractivity contribution is -0.140. The van der Waals surface area contributed by atoms with Gasteiger partial charge in [0.05, 0.1) is 13.0 Å². The van der Waals surface area contributed by atoms with Crippen molar-refractivity contribution >= 4 is 5.91 Å². The van der Waals surface area contributed by atoms with Gasteiger partial charge in [-0.05, 0) is 32.1 Å². The maximum Gasteiger partial charge on any atom is 0.225 e. The largest absolute Gasteiger partial charge is 0.384 e. The van der Waals surface area contributed by atoms with E-state index in [1.807, 2.05) is 17.1 Å². The zero-order chi connectivity index (χ0) is 13.4. The summed E-state index contributed by atoms with van der Waals surface area (Å²) in [5.41, 5.74) is -0.0907. The highest BCUT2D eigenvalue weighted by atomic mass is 16.5. The Hall–Kier alpha value is -1.09. The molecule has 3 heteroatoms. The molecule has 0 N–H and O–H groups in total. The zero-order valence-corrected chi connectivity index (χ0v) is 11.5. The number of piperidine rings is 1. The molecule has 1 amide bonds. The molecule has 1 rings (SSSR count). The minimum atomic E-state index is -0.0907. The molecule has 0 bridgehead atoms. The van der Waals surface area contributed by atoms with Gasteiger partial charge in [0.15, 0.2) is 0 Å². The molecule has 0 aromatic carbocycles. The highest BCUT2D eigenvalue weighted by Crippen LogP contribution is 2.35. The third-order valence-electron chi connectivity index (χ3n) is 3.72. The van der Waals surface area contributed by atoms with Crippen LogP contribution in [0.5, 0.6) is 0 Å². The van der Waals surface area contributed by atoms with Crippen LogP contribution in [0, 0.1) is 0 Å². The lowest BCUT2D eigenvalue weighted by Gasteiger charge is -2.47. The van der Waals surface area contributed by atoms with E-state index in [1.54, 1.807) is 7.11 Å². The van der Waals surface area contributed by atoms with Gasteiger partial charge in [0.1, 0.15) is 0 Å². The maximum atomic E-state index is 12.3. The number of methoxy groups -OCH3 is 1. The van der Waals surface area contributed by atoms with Gasteiger partial charge in [-0.2, -0.15) is 0 Å². The molecular formula is C15H25NO2. The first-order chi connectivity index (χ1) is 8.70. The molecule has 0 radical (unpaired) electrons. The average molecular weight is 251 g/mol. The van der Waals surface area contributed by atoms with Crippen LogP contribution in [0.1, 0.15) is 38.5 Å². The highest BCUT2D eigenvalue weighted by molar-refractivity contribution is 5.77. The molecule has 1 fully saturated rings. The van der Waals surface area contributed by atoms with Crippen LogP contribution in [-0.2, 0) is 9.53 Å². The summed E-state index contributed by atoms with van der Waals surface area (Å²) in [5, 5.41) is 0. The second kappa shape index (κ2) is 7.37. The van der Waals surface area contributed by atoms with Crippen molar-refractivity contribution in [1.82, 2.24) is 4.90 Å². The molecule has 0 atom stereocenters. The van der Waals surface area contributed by atoms with Crippen molar-refractivity contribution in [3.63, 3.8) is 0 Å². The van der Waals surface area contributed by atoms with Crippen molar-refractivity contribution in [2.75, 3.05) is 20.3 Å². The lowest BCUT2D eigenvalue weighted by Crippen LogP contribution is -2.54. The standard InChI is InChI=1S/C15H25NO2/c1-4-9-15(10-5-2)11-6-7-12-16(15)14(17)8-13-18-3/h4-5H,1-2,6-13H2,3H3. The summed E-state index contributed by atoms with van der Waals surface area (Å²) in [6.45, 7) is 9.03. The Balaban J connectivity index is 2.83. The van der Waals surface area contributed by atoms with Gasteiger partial charge in [-0.15, -0.1) is 13.2 Å². The number of hydrogen-bond acceptors (Lipinski definition) is 2. The first kappa shape index (κ1) is 15.0. The summed E-state index contributed by atoms with van der Waals surface area (Å²) in [5.74, 6) is 0.195. The van der Waals surface area contributed by atoms with Gasteiger partial charge >= 0.3 is 0 Å². The number of ether oxygens (including phenoxy) is 1. The Morgan fingerprint density at radius 2 is 2.00 bits per heavy atom. The zero-order valence-electron chi connectivity index (χ0n) is 11.5. The predicted molar refractivity (Wildman–Crippen MR) is 74.4 cm³/mol. The van der Waals surface area contributed by atoms with Gasteiger partial charge in [0.2, 0.25) is 5.91 Å². The fourth-order valence-corrected chi connectivity index (χ4v) is 2.85. The van der Waals surface area contributed by atoms with Gasteiger partial charge < -0.3 is 9.64 Å². The lowest BCUT2D eigenvalue weighted by atomic mass is 9.80. The normalized spacial score (nSPS) is 18.4.